The lowest BCUT2D eigenvalue weighted by Gasteiger charge is -2.39. The van der Waals surface area contributed by atoms with Gasteiger partial charge in [0.2, 0.25) is 0 Å². The Balaban J connectivity index is 1.47. The molecule has 178 valence electrons. The van der Waals surface area contributed by atoms with Crippen LogP contribution in [-0.4, -0.2) is 68.9 Å². The number of aromatic amines is 1. The molecule has 2 bridgehead atoms. The van der Waals surface area contributed by atoms with Gasteiger partial charge in [-0.25, -0.2) is 14.2 Å². The van der Waals surface area contributed by atoms with E-state index in [0.717, 1.165) is 18.5 Å². The molecule has 0 aromatic carbocycles. The SMILES string of the molecule is COC(=O)c1cnc2cc(Nc3cc(C)[nH]n3)nc(NC3C[C@H]4CC[C@@H](C3)N4C(=O)CF)c2c1. The number of aromatic nitrogens is 4. The van der Waals surface area contributed by atoms with Crippen molar-refractivity contribution in [2.45, 2.75) is 50.7 Å². The summed E-state index contributed by atoms with van der Waals surface area (Å²) in [6.45, 7) is 0.947. The summed E-state index contributed by atoms with van der Waals surface area (Å²) >= 11 is 0. The van der Waals surface area contributed by atoms with Crippen molar-refractivity contribution in [3.63, 3.8) is 0 Å². The summed E-state index contributed by atoms with van der Waals surface area (Å²) in [5.41, 5.74) is 1.88. The molecule has 3 aromatic rings. The lowest BCUT2D eigenvalue weighted by atomic mass is 9.97. The maximum Gasteiger partial charge on any atom is 0.339 e. The van der Waals surface area contributed by atoms with Gasteiger partial charge in [0.05, 0.1) is 18.2 Å². The molecular weight excluding hydrogens is 441 g/mol. The van der Waals surface area contributed by atoms with Crippen LogP contribution in [0.15, 0.2) is 24.4 Å². The molecule has 1 unspecified atom stereocenters. The van der Waals surface area contributed by atoms with Crippen LogP contribution in [0.25, 0.3) is 10.9 Å². The highest BCUT2D eigenvalue weighted by molar-refractivity contribution is 5.98. The van der Waals surface area contributed by atoms with Gasteiger partial charge in [-0.15, -0.1) is 0 Å². The van der Waals surface area contributed by atoms with E-state index in [-0.39, 0.29) is 18.1 Å². The number of carbonyl (C=O) groups is 2. The molecule has 2 saturated heterocycles. The first-order valence-corrected chi connectivity index (χ1v) is 11.3. The summed E-state index contributed by atoms with van der Waals surface area (Å²) in [5.74, 6) is 0.832. The van der Waals surface area contributed by atoms with Crippen molar-refractivity contribution in [1.29, 1.82) is 0 Å². The number of nitrogens with zero attached hydrogens (tertiary/aromatic N) is 4. The predicted molar refractivity (Wildman–Crippen MR) is 124 cm³/mol. The summed E-state index contributed by atoms with van der Waals surface area (Å²) in [5, 5.41) is 14.5. The van der Waals surface area contributed by atoms with Crippen LogP contribution in [0.1, 0.15) is 41.7 Å². The number of carbonyl (C=O) groups excluding carboxylic acids is 2. The first kappa shape index (κ1) is 22.1. The summed E-state index contributed by atoms with van der Waals surface area (Å²) < 4.78 is 17.9. The topological polar surface area (TPSA) is 125 Å². The van der Waals surface area contributed by atoms with Crippen LogP contribution in [0.3, 0.4) is 0 Å². The minimum Gasteiger partial charge on any atom is -0.465 e. The molecule has 3 aromatic heterocycles. The first-order chi connectivity index (χ1) is 16.4. The number of methoxy groups -OCH3 is 1. The highest BCUT2D eigenvalue weighted by Crippen LogP contribution is 2.38. The van der Waals surface area contributed by atoms with Crippen molar-refractivity contribution in [2.24, 2.45) is 0 Å². The van der Waals surface area contributed by atoms with Crippen LogP contribution in [0.4, 0.5) is 21.8 Å². The van der Waals surface area contributed by atoms with Crippen LogP contribution >= 0.6 is 0 Å². The van der Waals surface area contributed by atoms with E-state index in [2.05, 4.69) is 25.8 Å². The van der Waals surface area contributed by atoms with E-state index in [0.29, 0.717) is 46.8 Å². The fourth-order valence-corrected chi connectivity index (χ4v) is 5.10. The molecule has 2 fully saturated rings. The van der Waals surface area contributed by atoms with Gasteiger partial charge in [-0.1, -0.05) is 0 Å². The van der Waals surface area contributed by atoms with Gasteiger partial charge >= 0.3 is 5.97 Å². The average molecular weight is 468 g/mol. The molecule has 0 aliphatic carbocycles. The number of halogens is 1. The maximum atomic E-state index is 13.0. The summed E-state index contributed by atoms with van der Waals surface area (Å²) in [4.78, 5) is 35.1. The Morgan fingerprint density at radius 1 is 1.21 bits per heavy atom. The van der Waals surface area contributed by atoms with Crippen LogP contribution in [0.5, 0.6) is 0 Å². The number of hydrogen-bond donors (Lipinski definition) is 3. The zero-order valence-corrected chi connectivity index (χ0v) is 19.0. The number of fused-ring (bicyclic) bond motifs is 3. The van der Waals surface area contributed by atoms with Crippen LogP contribution in [-0.2, 0) is 9.53 Å². The molecule has 34 heavy (non-hydrogen) atoms. The molecule has 1 amide bonds. The number of piperidine rings is 1. The number of nitrogens with one attached hydrogen (secondary N) is 3. The molecule has 0 saturated carbocycles. The third-order valence-corrected chi connectivity index (χ3v) is 6.54. The van der Waals surface area contributed by atoms with E-state index < -0.39 is 18.6 Å². The smallest absolute Gasteiger partial charge is 0.339 e. The Kier molecular flexibility index (Phi) is 5.76. The van der Waals surface area contributed by atoms with E-state index in [1.54, 1.807) is 17.0 Å². The van der Waals surface area contributed by atoms with Gasteiger partial charge in [0.15, 0.2) is 12.5 Å². The molecule has 11 heteroatoms. The Labute approximate surface area is 195 Å². The quantitative estimate of drug-likeness (QED) is 0.473. The van der Waals surface area contributed by atoms with Crippen LogP contribution in [0.2, 0.25) is 0 Å². The van der Waals surface area contributed by atoms with E-state index in [4.69, 9.17) is 9.72 Å². The number of pyridine rings is 2. The fraction of sp³-hybridized carbons (Fsp3) is 0.435. The van der Waals surface area contributed by atoms with Gasteiger partial charge in [0, 0.05) is 47.5 Å². The van der Waals surface area contributed by atoms with E-state index in [1.807, 2.05) is 13.0 Å². The number of rotatable bonds is 6. The summed E-state index contributed by atoms with van der Waals surface area (Å²) in [7, 11) is 1.32. The van der Waals surface area contributed by atoms with Crippen molar-refractivity contribution in [3.05, 3.63) is 35.7 Å². The number of ether oxygens (including phenoxy) is 1. The second-order valence-corrected chi connectivity index (χ2v) is 8.83. The van der Waals surface area contributed by atoms with Gasteiger partial charge in [0.1, 0.15) is 11.6 Å². The fourth-order valence-electron chi connectivity index (χ4n) is 5.10. The van der Waals surface area contributed by atoms with E-state index in [1.165, 1.54) is 13.3 Å². The van der Waals surface area contributed by atoms with Crippen molar-refractivity contribution < 1.29 is 18.7 Å². The zero-order valence-electron chi connectivity index (χ0n) is 19.0. The number of anilines is 3. The third kappa shape index (κ3) is 4.13. The van der Waals surface area contributed by atoms with E-state index in [9.17, 15) is 14.0 Å². The normalized spacial score (nSPS) is 21.5. The summed E-state index contributed by atoms with van der Waals surface area (Å²) in [6, 6.07) is 5.44. The molecular formula is C23H26FN7O3. The van der Waals surface area contributed by atoms with E-state index >= 15 is 0 Å². The molecule has 0 radical (unpaired) electrons. The monoisotopic (exact) mass is 467 g/mol. The van der Waals surface area contributed by atoms with Crippen molar-refractivity contribution in [2.75, 3.05) is 24.4 Å². The van der Waals surface area contributed by atoms with Gasteiger partial charge < -0.3 is 20.3 Å². The molecule has 0 spiro atoms. The van der Waals surface area contributed by atoms with Gasteiger partial charge in [0.25, 0.3) is 5.91 Å². The number of H-pyrrole nitrogens is 1. The van der Waals surface area contributed by atoms with Gasteiger partial charge in [-0.2, -0.15) is 5.10 Å². The van der Waals surface area contributed by atoms with Crippen molar-refractivity contribution >= 4 is 40.2 Å². The molecule has 5 rings (SSSR count). The highest BCUT2D eigenvalue weighted by atomic mass is 19.1. The molecule has 2 aliphatic rings. The minimum atomic E-state index is -0.959. The van der Waals surface area contributed by atoms with Crippen molar-refractivity contribution in [1.82, 2.24) is 25.1 Å². The largest absolute Gasteiger partial charge is 0.465 e. The third-order valence-electron chi connectivity index (χ3n) is 6.54. The Bertz CT molecular complexity index is 1230. The van der Waals surface area contributed by atoms with Crippen LogP contribution in [0, 0.1) is 6.92 Å². The lowest BCUT2D eigenvalue weighted by Crippen LogP contribution is -2.50. The zero-order chi connectivity index (χ0) is 23.8. The predicted octanol–water partition coefficient (Wildman–Crippen LogP) is 3.09. The first-order valence-electron chi connectivity index (χ1n) is 11.3. The minimum absolute atomic E-state index is 0.0165. The molecule has 2 aliphatic heterocycles. The standard InChI is InChI=1S/C23H26FN7O3/c1-12-5-20(30-29-12)27-19-9-18-17(6-13(11-25-18)23(33)34-2)22(28-19)26-14-7-15-3-4-16(8-14)31(15)21(32)10-24/h5-6,9,11,14-16H,3-4,7-8,10H2,1-2H3,(H3,26,27,28,29,30)/t14?,15-,16+. The Morgan fingerprint density at radius 3 is 2.62 bits per heavy atom. The molecule has 10 nitrogen and oxygen atoms in total. The molecule has 5 heterocycles. The average Bonchev–Trinajstić information content (AvgIpc) is 3.37. The van der Waals surface area contributed by atoms with Gasteiger partial charge in [-0.05, 0) is 38.7 Å². The molecule has 3 N–H and O–H groups in total. The lowest BCUT2D eigenvalue weighted by molar-refractivity contribution is -0.136. The number of esters is 1. The van der Waals surface area contributed by atoms with Gasteiger partial charge in [-0.3, -0.25) is 14.9 Å². The number of alkyl halides is 1. The molecule has 3 atom stereocenters. The maximum absolute atomic E-state index is 13.0. The number of hydrogen-bond acceptors (Lipinski definition) is 8. The summed E-state index contributed by atoms with van der Waals surface area (Å²) in [6.07, 6.45) is 4.62. The highest BCUT2D eigenvalue weighted by Gasteiger charge is 2.43. The second kappa shape index (κ2) is 8.88. The Hall–Kier alpha value is -3.76. The Morgan fingerprint density at radius 2 is 1.97 bits per heavy atom. The van der Waals surface area contributed by atoms with Crippen LogP contribution < -0.4 is 10.6 Å². The number of aryl methyl sites for hydroxylation is 1. The van der Waals surface area contributed by atoms with Crippen molar-refractivity contribution in [3.8, 4) is 0 Å². The number of amides is 1. The second-order valence-electron chi connectivity index (χ2n) is 8.83.